The van der Waals surface area contributed by atoms with Crippen LogP contribution in [-0.4, -0.2) is 14.1 Å². The lowest BCUT2D eigenvalue weighted by Crippen LogP contribution is -2.09. The van der Waals surface area contributed by atoms with Crippen molar-refractivity contribution in [2.75, 3.05) is 19.0 Å². The predicted molar refractivity (Wildman–Crippen MR) is 56.2 cm³/mol. The first-order chi connectivity index (χ1) is 5.13. The lowest BCUT2D eigenvalue weighted by Gasteiger charge is -2.15. The molecule has 0 unspecified atom stereocenters. The van der Waals surface area contributed by atoms with Crippen LogP contribution in [0.4, 0.5) is 5.69 Å². The van der Waals surface area contributed by atoms with Gasteiger partial charge in [-0.05, 0) is 44.0 Å². The predicted octanol–water partition coefficient (Wildman–Crippen LogP) is 3.28. The second-order valence-electron chi connectivity index (χ2n) is 2.46. The highest BCUT2D eigenvalue weighted by molar-refractivity contribution is 9.11. The zero-order valence-electron chi connectivity index (χ0n) is 6.44. The van der Waals surface area contributed by atoms with Gasteiger partial charge in [-0.25, -0.2) is 0 Å². The van der Waals surface area contributed by atoms with Gasteiger partial charge in [0.2, 0.25) is 0 Å². The molecule has 0 aliphatic rings. The lowest BCUT2D eigenvalue weighted by atomic mass is 10.3. The van der Waals surface area contributed by atoms with Crippen molar-refractivity contribution in [3.05, 3.63) is 27.1 Å². The molecule has 0 heterocycles. The van der Waals surface area contributed by atoms with Gasteiger partial charge in [0.15, 0.2) is 0 Å². The number of rotatable bonds is 1. The van der Waals surface area contributed by atoms with Crippen molar-refractivity contribution in [2.45, 2.75) is 0 Å². The fraction of sp³-hybridized carbons (Fsp3) is 0.250. The van der Waals surface area contributed by atoms with Gasteiger partial charge in [0.25, 0.3) is 0 Å². The van der Waals surface area contributed by atoms with Gasteiger partial charge in [-0.2, -0.15) is 0 Å². The van der Waals surface area contributed by atoms with E-state index in [0.717, 1.165) is 8.95 Å². The summed E-state index contributed by atoms with van der Waals surface area (Å²) in [5.41, 5.74) is 1.17. The molecule has 0 saturated heterocycles. The molecule has 0 aliphatic heterocycles. The van der Waals surface area contributed by atoms with Gasteiger partial charge in [0.05, 0.1) is 5.69 Å². The van der Waals surface area contributed by atoms with Crippen LogP contribution in [0, 0.1) is 0 Å². The average Bonchev–Trinajstić information content (AvgIpc) is 1.85. The highest BCUT2D eigenvalue weighted by Gasteiger charge is 2.04. The molecule has 3 heteroatoms. The third kappa shape index (κ3) is 1.97. The molecule has 0 amide bonds. The van der Waals surface area contributed by atoms with E-state index in [0.29, 0.717) is 0 Å². The third-order valence-corrected chi connectivity index (χ3v) is 2.66. The zero-order chi connectivity index (χ0) is 8.43. The van der Waals surface area contributed by atoms with E-state index in [1.807, 2.05) is 32.3 Å². The molecule has 1 aromatic carbocycles. The van der Waals surface area contributed by atoms with Crippen molar-refractivity contribution in [2.24, 2.45) is 0 Å². The van der Waals surface area contributed by atoms with E-state index in [2.05, 4.69) is 36.8 Å². The van der Waals surface area contributed by atoms with Crippen LogP contribution >= 0.6 is 31.9 Å². The van der Waals surface area contributed by atoms with E-state index in [4.69, 9.17) is 0 Å². The quantitative estimate of drug-likeness (QED) is 0.762. The molecule has 0 N–H and O–H groups in total. The van der Waals surface area contributed by atoms with Gasteiger partial charge < -0.3 is 4.90 Å². The Hall–Kier alpha value is -0.0200. The summed E-state index contributed by atoms with van der Waals surface area (Å²) in [5.74, 6) is 0. The standard InChI is InChI=1S/C8H9Br2N/c1-11(2)8-6(9)4-3-5-7(8)10/h3-5H,1-2H3. The van der Waals surface area contributed by atoms with Crippen LogP contribution in [0.25, 0.3) is 0 Å². The van der Waals surface area contributed by atoms with E-state index in [9.17, 15) is 0 Å². The fourth-order valence-corrected chi connectivity index (χ4v) is 2.62. The second-order valence-corrected chi connectivity index (χ2v) is 4.17. The molecule has 0 bridgehead atoms. The summed E-state index contributed by atoms with van der Waals surface area (Å²) in [6, 6.07) is 6.06. The number of hydrogen-bond acceptors (Lipinski definition) is 1. The minimum absolute atomic E-state index is 1.11. The molecule has 0 aliphatic carbocycles. The maximum atomic E-state index is 3.48. The number of para-hydroxylation sites is 1. The van der Waals surface area contributed by atoms with Gasteiger partial charge in [0, 0.05) is 23.0 Å². The molecule has 1 nitrogen and oxygen atoms in total. The Kier molecular flexibility index (Phi) is 2.96. The summed E-state index contributed by atoms with van der Waals surface area (Å²) in [7, 11) is 4.04. The van der Waals surface area contributed by atoms with Gasteiger partial charge >= 0.3 is 0 Å². The van der Waals surface area contributed by atoms with E-state index >= 15 is 0 Å². The van der Waals surface area contributed by atoms with E-state index in [1.165, 1.54) is 5.69 Å². The molecular formula is C8H9Br2N. The van der Waals surface area contributed by atoms with Crippen LogP contribution < -0.4 is 4.90 Å². The topological polar surface area (TPSA) is 3.24 Å². The summed E-state index contributed by atoms with van der Waals surface area (Å²) in [6.07, 6.45) is 0. The minimum atomic E-state index is 1.11. The number of halogens is 2. The Morgan fingerprint density at radius 3 is 1.82 bits per heavy atom. The lowest BCUT2D eigenvalue weighted by molar-refractivity contribution is 1.12. The minimum Gasteiger partial charge on any atom is -0.376 e. The monoisotopic (exact) mass is 277 g/mol. The van der Waals surface area contributed by atoms with Crippen molar-refractivity contribution >= 4 is 37.5 Å². The maximum absolute atomic E-state index is 3.48. The van der Waals surface area contributed by atoms with E-state index in [1.54, 1.807) is 0 Å². The number of hydrogen-bond donors (Lipinski definition) is 0. The average molecular weight is 279 g/mol. The fourth-order valence-electron chi connectivity index (χ4n) is 0.916. The van der Waals surface area contributed by atoms with E-state index in [-0.39, 0.29) is 0 Å². The first-order valence-corrected chi connectivity index (χ1v) is 4.83. The summed E-state index contributed by atoms with van der Waals surface area (Å²) in [6.45, 7) is 0. The van der Waals surface area contributed by atoms with Crippen molar-refractivity contribution < 1.29 is 0 Å². The zero-order valence-corrected chi connectivity index (χ0v) is 9.61. The Balaban J connectivity index is 3.21. The molecule has 60 valence electrons. The van der Waals surface area contributed by atoms with Crippen LogP contribution in [0.15, 0.2) is 27.1 Å². The van der Waals surface area contributed by atoms with Crippen molar-refractivity contribution in [1.82, 2.24) is 0 Å². The molecule has 0 fully saturated rings. The molecule has 0 atom stereocenters. The van der Waals surface area contributed by atoms with Crippen LogP contribution in [0.2, 0.25) is 0 Å². The maximum Gasteiger partial charge on any atom is 0.0649 e. The van der Waals surface area contributed by atoms with Crippen LogP contribution in [0.5, 0.6) is 0 Å². The third-order valence-electron chi connectivity index (χ3n) is 1.38. The van der Waals surface area contributed by atoms with Gasteiger partial charge in [0.1, 0.15) is 0 Å². The van der Waals surface area contributed by atoms with Gasteiger partial charge in [-0.15, -0.1) is 0 Å². The van der Waals surface area contributed by atoms with Crippen molar-refractivity contribution in [3.8, 4) is 0 Å². The number of anilines is 1. The smallest absolute Gasteiger partial charge is 0.0649 e. The van der Waals surface area contributed by atoms with Gasteiger partial charge in [-0.1, -0.05) is 6.07 Å². The first-order valence-electron chi connectivity index (χ1n) is 3.24. The molecule has 0 spiro atoms. The van der Waals surface area contributed by atoms with Crippen LogP contribution in [0.3, 0.4) is 0 Å². The molecular weight excluding hydrogens is 270 g/mol. The number of nitrogens with zero attached hydrogens (tertiary/aromatic N) is 1. The summed E-state index contributed by atoms with van der Waals surface area (Å²) in [5, 5.41) is 0. The molecule has 11 heavy (non-hydrogen) atoms. The normalized spacial score (nSPS) is 9.82. The number of benzene rings is 1. The molecule has 1 aromatic rings. The Labute approximate surface area is 83.7 Å². The van der Waals surface area contributed by atoms with E-state index < -0.39 is 0 Å². The highest BCUT2D eigenvalue weighted by atomic mass is 79.9. The van der Waals surface area contributed by atoms with Crippen LogP contribution in [0.1, 0.15) is 0 Å². The van der Waals surface area contributed by atoms with Crippen molar-refractivity contribution in [1.29, 1.82) is 0 Å². The molecule has 1 rings (SSSR count). The molecule has 0 radical (unpaired) electrons. The molecule has 0 saturated carbocycles. The Bertz CT molecular complexity index is 238. The summed E-state index contributed by atoms with van der Waals surface area (Å²) >= 11 is 6.95. The van der Waals surface area contributed by atoms with Crippen LogP contribution in [-0.2, 0) is 0 Å². The SMILES string of the molecule is CN(C)c1c(Br)cccc1Br. The first kappa shape index (κ1) is 9.07. The largest absolute Gasteiger partial charge is 0.376 e. The second kappa shape index (κ2) is 3.59. The highest BCUT2D eigenvalue weighted by Crippen LogP contribution is 2.32. The molecule has 0 aromatic heterocycles. The van der Waals surface area contributed by atoms with Gasteiger partial charge in [-0.3, -0.25) is 0 Å². The Morgan fingerprint density at radius 2 is 1.55 bits per heavy atom. The Morgan fingerprint density at radius 1 is 1.09 bits per heavy atom. The van der Waals surface area contributed by atoms with Crippen molar-refractivity contribution in [3.63, 3.8) is 0 Å². The summed E-state index contributed by atoms with van der Waals surface area (Å²) in [4.78, 5) is 2.06. The summed E-state index contributed by atoms with van der Waals surface area (Å²) < 4.78 is 2.22.